The molecular formula is C27H20BrClN4O2. The number of hydrazone groups is 1. The van der Waals surface area contributed by atoms with Gasteiger partial charge in [-0.25, -0.2) is 5.43 Å². The standard InChI is InChI=1S/C27H20BrClN4O2/c1-18-7-12-25(20-5-3-2-4-6-20)33(18)22-10-8-21(9-11-22)27(34)32-31-17-19-15-23(28)26(24(29)16-19)35-14-13-30/h2-12,15-17H,14H2,1H3,(H,32,34)/b31-17+. The van der Waals surface area contributed by atoms with Gasteiger partial charge in [0, 0.05) is 16.9 Å². The van der Waals surface area contributed by atoms with E-state index in [4.69, 9.17) is 21.6 Å². The van der Waals surface area contributed by atoms with Gasteiger partial charge in [0.1, 0.15) is 6.07 Å². The summed E-state index contributed by atoms with van der Waals surface area (Å²) in [6, 6.07) is 26.9. The van der Waals surface area contributed by atoms with E-state index in [1.807, 2.05) is 36.4 Å². The number of hydrogen-bond donors (Lipinski definition) is 1. The van der Waals surface area contributed by atoms with Crippen LogP contribution in [0.1, 0.15) is 21.6 Å². The summed E-state index contributed by atoms with van der Waals surface area (Å²) in [6.07, 6.45) is 1.48. The van der Waals surface area contributed by atoms with E-state index in [-0.39, 0.29) is 12.5 Å². The van der Waals surface area contributed by atoms with E-state index < -0.39 is 0 Å². The summed E-state index contributed by atoms with van der Waals surface area (Å²) in [7, 11) is 0. The summed E-state index contributed by atoms with van der Waals surface area (Å²) in [5.41, 5.74) is 7.92. The van der Waals surface area contributed by atoms with Gasteiger partial charge in [-0.05, 0) is 82.5 Å². The molecule has 1 aromatic heterocycles. The zero-order chi connectivity index (χ0) is 24.8. The van der Waals surface area contributed by atoms with Gasteiger partial charge >= 0.3 is 0 Å². The monoisotopic (exact) mass is 546 g/mol. The van der Waals surface area contributed by atoms with Crippen molar-refractivity contribution in [2.24, 2.45) is 5.10 Å². The Bertz CT molecular complexity index is 1400. The lowest BCUT2D eigenvalue weighted by molar-refractivity contribution is 0.0955. The highest BCUT2D eigenvalue weighted by Crippen LogP contribution is 2.34. The summed E-state index contributed by atoms with van der Waals surface area (Å²) in [5.74, 6) is 0.0438. The second-order valence-corrected chi connectivity index (χ2v) is 8.83. The highest BCUT2D eigenvalue weighted by Gasteiger charge is 2.11. The molecule has 3 aromatic carbocycles. The van der Waals surface area contributed by atoms with Gasteiger partial charge in [-0.2, -0.15) is 10.4 Å². The van der Waals surface area contributed by atoms with Crippen LogP contribution in [0.25, 0.3) is 16.9 Å². The van der Waals surface area contributed by atoms with Gasteiger partial charge in [-0.1, -0.05) is 41.9 Å². The third-order valence-corrected chi connectivity index (χ3v) is 6.08. The van der Waals surface area contributed by atoms with Crippen molar-refractivity contribution in [2.75, 3.05) is 6.61 Å². The largest absolute Gasteiger partial charge is 0.476 e. The number of nitrogens with one attached hydrogen (secondary N) is 1. The molecule has 0 aliphatic carbocycles. The van der Waals surface area contributed by atoms with Crippen molar-refractivity contribution >= 4 is 39.7 Å². The molecule has 0 spiro atoms. The highest BCUT2D eigenvalue weighted by molar-refractivity contribution is 9.10. The average molecular weight is 548 g/mol. The van der Waals surface area contributed by atoms with Crippen LogP contribution in [0.5, 0.6) is 5.75 Å². The Morgan fingerprint density at radius 2 is 1.89 bits per heavy atom. The number of aryl methyl sites for hydroxylation is 1. The number of rotatable bonds is 7. The number of carbonyl (C=O) groups is 1. The molecule has 0 aliphatic heterocycles. The van der Waals surface area contributed by atoms with Crippen molar-refractivity contribution in [3.05, 3.63) is 105 Å². The molecular weight excluding hydrogens is 528 g/mol. The molecule has 1 N–H and O–H groups in total. The van der Waals surface area contributed by atoms with E-state index in [0.717, 1.165) is 22.6 Å². The first-order chi connectivity index (χ1) is 17.0. The normalized spacial score (nSPS) is 10.8. The van der Waals surface area contributed by atoms with Crippen LogP contribution in [0.4, 0.5) is 0 Å². The van der Waals surface area contributed by atoms with Gasteiger partial charge in [0.05, 0.1) is 21.4 Å². The molecule has 0 saturated carbocycles. The Kier molecular flexibility index (Phi) is 7.66. The van der Waals surface area contributed by atoms with Crippen molar-refractivity contribution in [1.29, 1.82) is 5.26 Å². The Morgan fingerprint density at radius 1 is 1.14 bits per heavy atom. The summed E-state index contributed by atoms with van der Waals surface area (Å²) >= 11 is 9.57. The third kappa shape index (κ3) is 5.62. The fourth-order valence-corrected chi connectivity index (χ4v) is 4.59. The van der Waals surface area contributed by atoms with Gasteiger partial charge in [0.25, 0.3) is 5.91 Å². The molecule has 6 nitrogen and oxygen atoms in total. The van der Waals surface area contributed by atoms with Crippen molar-refractivity contribution < 1.29 is 9.53 Å². The van der Waals surface area contributed by atoms with Crippen LogP contribution < -0.4 is 10.2 Å². The Labute approximate surface area is 216 Å². The van der Waals surface area contributed by atoms with E-state index in [1.54, 1.807) is 24.3 Å². The molecule has 0 saturated heterocycles. The van der Waals surface area contributed by atoms with Gasteiger partial charge in [0.2, 0.25) is 0 Å². The van der Waals surface area contributed by atoms with Crippen molar-refractivity contribution in [3.8, 4) is 28.8 Å². The Hall–Kier alpha value is -3.86. The van der Waals surface area contributed by atoms with Gasteiger partial charge < -0.3 is 9.30 Å². The van der Waals surface area contributed by atoms with E-state index >= 15 is 0 Å². The third-order valence-electron chi connectivity index (χ3n) is 5.21. The van der Waals surface area contributed by atoms with Gasteiger partial charge in [0.15, 0.2) is 12.4 Å². The second kappa shape index (κ2) is 11.0. The number of amides is 1. The highest BCUT2D eigenvalue weighted by atomic mass is 79.9. The van der Waals surface area contributed by atoms with Gasteiger partial charge in [-0.3, -0.25) is 4.79 Å². The number of aromatic nitrogens is 1. The van der Waals surface area contributed by atoms with Crippen LogP contribution in [0, 0.1) is 18.3 Å². The number of carbonyl (C=O) groups excluding carboxylic acids is 1. The molecule has 0 radical (unpaired) electrons. The molecule has 0 unspecified atom stereocenters. The quantitative estimate of drug-likeness (QED) is 0.211. The summed E-state index contributed by atoms with van der Waals surface area (Å²) < 4.78 is 8.03. The topological polar surface area (TPSA) is 79.4 Å². The fraction of sp³-hybridized carbons (Fsp3) is 0.0741. The zero-order valence-corrected chi connectivity index (χ0v) is 21.0. The molecule has 35 heavy (non-hydrogen) atoms. The number of benzene rings is 3. The van der Waals surface area contributed by atoms with E-state index in [0.29, 0.717) is 26.4 Å². The van der Waals surface area contributed by atoms with E-state index in [1.165, 1.54) is 6.21 Å². The first-order valence-corrected chi connectivity index (χ1v) is 11.8. The van der Waals surface area contributed by atoms with E-state index in [9.17, 15) is 4.79 Å². The molecule has 8 heteroatoms. The molecule has 1 heterocycles. The molecule has 4 aromatic rings. The number of ether oxygens (including phenoxy) is 1. The molecule has 0 bridgehead atoms. The minimum atomic E-state index is -0.334. The zero-order valence-electron chi connectivity index (χ0n) is 18.7. The van der Waals surface area contributed by atoms with Crippen LogP contribution in [0.3, 0.4) is 0 Å². The van der Waals surface area contributed by atoms with Crippen molar-refractivity contribution in [2.45, 2.75) is 6.92 Å². The Morgan fingerprint density at radius 3 is 2.57 bits per heavy atom. The summed E-state index contributed by atoms with van der Waals surface area (Å²) in [4.78, 5) is 12.6. The average Bonchev–Trinajstić information content (AvgIpc) is 3.25. The van der Waals surface area contributed by atoms with Crippen LogP contribution >= 0.6 is 27.5 Å². The van der Waals surface area contributed by atoms with Gasteiger partial charge in [-0.15, -0.1) is 0 Å². The van der Waals surface area contributed by atoms with Crippen LogP contribution in [0.2, 0.25) is 5.02 Å². The number of hydrogen-bond acceptors (Lipinski definition) is 4. The minimum Gasteiger partial charge on any atom is -0.476 e. The smallest absolute Gasteiger partial charge is 0.271 e. The molecule has 0 atom stereocenters. The maximum absolute atomic E-state index is 12.6. The van der Waals surface area contributed by atoms with Crippen molar-refractivity contribution in [1.82, 2.24) is 9.99 Å². The number of nitrogens with zero attached hydrogens (tertiary/aromatic N) is 3. The maximum Gasteiger partial charge on any atom is 0.271 e. The van der Waals surface area contributed by atoms with E-state index in [2.05, 4.69) is 62.2 Å². The summed E-state index contributed by atoms with van der Waals surface area (Å²) in [6.45, 7) is 1.94. The first-order valence-electron chi connectivity index (χ1n) is 10.6. The predicted octanol–water partition coefficient (Wildman–Crippen LogP) is 6.53. The molecule has 4 rings (SSSR count). The second-order valence-electron chi connectivity index (χ2n) is 7.57. The molecule has 174 valence electrons. The van der Waals surface area contributed by atoms with Crippen LogP contribution in [-0.4, -0.2) is 23.3 Å². The van der Waals surface area contributed by atoms with Crippen molar-refractivity contribution in [3.63, 3.8) is 0 Å². The molecule has 0 aliphatic rings. The lowest BCUT2D eigenvalue weighted by Gasteiger charge is -2.12. The van der Waals surface area contributed by atoms with Crippen LogP contribution in [0.15, 0.2) is 88.4 Å². The SMILES string of the molecule is Cc1ccc(-c2ccccc2)n1-c1ccc(C(=O)N/N=C/c2cc(Cl)c(OCC#N)c(Br)c2)cc1. The number of halogens is 2. The lowest BCUT2D eigenvalue weighted by atomic mass is 10.1. The Balaban J connectivity index is 1.46. The summed E-state index contributed by atoms with van der Waals surface area (Å²) in [5, 5.41) is 13.0. The molecule has 0 fully saturated rings. The predicted molar refractivity (Wildman–Crippen MR) is 141 cm³/mol. The lowest BCUT2D eigenvalue weighted by Crippen LogP contribution is -2.17. The number of nitriles is 1. The minimum absolute atomic E-state index is 0.113. The first kappa shape index (κ1) is 24.3. The fourth-order valence-electron chi connectivity index (χ4n) is 3.60. The maximum atomic E-state index is 12.6. The molecule has 1 amide bonds. The van der Waals surface area contributed by atoms with Crippen LogP contribution in [-0.2, 0) is 0 Å².